The van der Waals surface area contributed by atoms with Crippen LogP contribution in [0.25, 0.3) is 5.69 Å². The number of benzene rings is 1. The van der Waals surface area contributed by atoms with Crippen molar-refractivity contribution in [3.8, 4) is 17.8 Å². The smallest absolute Gasteiger partial charge is 0.337 e. The summed E-state index contributed by atoms with van der Waals surface area (Å²) in [6, 6.07) is 8.18. The Morgan fingerprint density at radius 3 is 2.68 bits per heavy atom. The van der Waals surface area contributed by atoms with E-state index in [0.717, 1.165) is 0 Å². The Morgan fingerprint density at radius 1 is 1.37 bits per heavy atom. The molecule has 2 rings (SSSR count). The van der Waals surface area contributed by atoms with Crippen molar-refractivity contribution in [1.82, 2.24) is 9.55 Å². The van der Waals surface area contributed by atoms with E-state index in [0.29, 0.717) is 4.47 Å². The lowest BCUT2D eigenvalue weighted by Crippen LogP contribution is -2.06. The van der Waals surface area contributed by atoms with Gasteiger partial charge in [0, 0.05) is 4.47 Å². The molecule has 0 aliphatic heterocycles. The Bertz CT molecular complexity index is 752. The van der Waals surface area contributed by atoms with E-state index in [1.54, 1.807) is 18.2 Å². The lowest BCUT2D eigenvalue weighted by Gasteiger charge is -2.08. The Morgan fingerprint density at radius 2 is 2.11 bits per heavy atom. The largest absolute Gasteiger partial charge is 0.478 e. The number of nitriles is 2. The van der Waals surface area contributed by atoms with Crippen LogP contribution in [0.15, 0.2) is 29.0 Å². The third-order valence-corrected chi connectivity index (χ3v) is 2.92. The first-order valence-corrected chi connectivity index (χ1v) is 5.78. The van der Waals surface area contributed by atoms with E-state index >= 15 is 0 Å². The minimum Gasteiger partial charge on any atom is -0.478 e. The van der Waals surface area contributed by atoms with Crippen molar-refractivity contribution >= 4 is 21.9 Å². The molecule has 6 nitrogen and oxygen atoms in total. The molecular formula is C12H5BrN4O2. The molecule has 0 aliphatic carbocycles. The summed E-state index contributed by atoms with van der Waals surface area (Å²) in [6.07, 6.45) is 1.26. The van der Waals surface area contributed by atoms with Gasteiger partial charge < -0.3 is 5.11 Å². The van der Waals surface area contributed by atoms with Crippen LogP contribution in [0.1, 0.15) is 21.7 Å². The van der Waals surface area contributed by atoms with Crippen molar-refractivity contribution in [3.63, 3.8) is 0 Å². The topological polar surface area (TPSA) is 103 Å². The van der Waals surface area contributed by atoms with E-state index in [-0.39, 0.29) is 22.6 Å². The molecule has 0 amide bonds. The van der Waals surface area contributed by atoms with Crippen molar-refractivity contribution in [2.24, 2.45) is 0 Å². The number of aromatic nitrogens is 2. The first-order chi connectivity index (χ1) is 9.08. The Balaban J connectivity index is 2.76. The normalized spacial score (nSPS) is 9.63. The highest BCUT2D eigenvalue weighted by Gasteiger charge is 2.17. The summed E-state index contributed by atoms with van der Waals surface area (Å²) in [7, 11) is 0. The molecule has 0 aliphatic rings. The van der Waals surface area contributed by atoms with Gasteiger partial charge in [0.15, 0.2) is 11.4 Å². The summed E-state index contributed by atoms with van der Waals surface area (Å²) in [6.45, 7) is 0. The van der Waals surface area contributed by atoms with Crippen molar-refractivity contribution in [2.75, 3.05) is 0 Å². The molecule has 0 radical (unpaired) electrons. The van der Waals surface area contributed by atoms with Gasteiger partial charge in [-0.2, -0.15) is 10.5 Å². The number of hydrogen-bond acceptors (Lipinski definition) is 4. The quantitative estimate of drug-likeness (QED) is 0.913. The van der Waals surface area contributed by atoms with Crippen molar-refractivity contribution in [2.45, 2.75) is 0 Å². The lowest BCUT2D eigenvalue weighted by molar-refractivity contribution is 0.0697. The molecule has 1 heterocycles. The third kappa shape index (κ3) is 2.19. The molecule has 1 aromatic heterocycles. The zero-order valence-corrected chi connectivity index (χ0v) is 10.9. The number of carboxylic acid groups (broad SMARTS) is 1. The van der Waals surface area contributed by atoms with Gasteiger partial charge in [0.1, 0.15) is 18.5 Å². The minimum atomic E-state index is -1.13. The predicted octanol–water partition coefficient (Wildman–Crippen LogP) is 2.08. The van der Waals surface area contributed by atoms with E-state index in [9.17, 15) is 4.79 Å². The van der Waals surface area contributed by atoms with Crippen LogP contribution in [0.3, 0.4) is 0 Å². The zero-order chi connectivity index (χ0) is 14.0. The van der Waals surface area contributed by atoms with Crippen molar-refractivity contribution in [3.05, 3.63) is 46.0 Å². The Kier molecular flexibility index (Phi) is 3.32. The molecule has 0 bridgehead atoms. The number of nitrogens with zero attached hydrogens (tertiary/aromatic N) is 4. The average Bonchev–Trinajstić information content (AvgIpc) is 2.80. The first-order valence-electron chi connectivity index (χ1n) is 4.99. The highest BCUT2D eigenvalue weighted by atomic mass is 79.9. The van der Waals surface area contributed by atoms with Crippen LogP contribution in [0.4, 0.5) is 0 Å². The van der Waals surface area contributed by atoms with E-state index < -0.39 is 5.97 Å². The molecule has 0 atom stereocenters. The number of rotatable bonds is 2. The van der Waals surface area contributed by atoms with Crippen molar-refractivity contribution in [1.29, 1.82) is 10.5 Å². The number of carboxylic acids is 1. The summed E-state index contributed by atoms with van der Waals surface area (Å²) < 4.78 is 1.94. The molecule has 1 aromatic carbocycles. The monoisotopic (exact) mass is 316 g/mol. The SMILES string of the molecule is N#Cc1ncn(-c2cc(Br)ccc2C(=O)O)c1C#N. The second-order valence-corrected chi connectivity index (χ2v) is 4.42. The number of imidazole rings is 1. The van der Waals surface area contributed by atoms with Crippen molar-refractivity contribution < 1.29 is 9.90 Å². The highest BCUT2D eigenvalue weighted by Crippen LogP contribution is 2.23. The fourth-order valence-corrected chi connectivity index (χ4v) is 1.95. The molecular weight excluding hydrogens is 312 g/mol. The van der Waals surface area contributed by atoms with Gasteiger partial charge in [0.05, 0.1) is 11.3 Å². The number of halogens is 1. The molecule has 2 aromatic rings. The molecule has 0 fully saturated rings. The summed E-state index contributed by atoms with van der Waals surface area (Å²) >= 11 is 3.24. The first kappa shape index (κ1) is 12.8. The van der Waals surface area contributed by atoms with Gasteiger partial charge in [-0.3, -0.25) is 4.57 Å². The van der Waals surface area contributed by atoms with Gasteiger partial charge in [-0.25, -0.2) is 9.78 Å². The standard InChI is InChI=1S/C12H5BrN4O2/c13-7-1-2-8(12(18)19)10(3-7)17-6-16-9(4-14)11(17)5-15/h1-3,6H,(H,18,19). The molecule has 1 N–H and O–H groups in total. The van der Waals surface area contributed by atoms with Crippen LogP contribution in [-0.4, -0.2) is 20.6 Å². The Hall–Kier alpha value is -2.64. The van der Waals surface area contributed by atoms with Gasteiger partial charge >= 0.3 is 5.97 Å². The maximum atomic E-state index is 11.2. The zero-order valence-electron chi connectivity index (χ0n) is 9.33. The van der Waals surface area contributed by atoms with Crippen LogP contribution in [0.2, 0.25) is 0 Å². The molecule has 0 saturated carbocycles. The van der Waals surface area contributed by atoms with Gasteiger partial charge in [0.2, 0.25) is 0 Å². The fraction of sp³-hybridized carbons (Fsp3) is 0. The lowest BCUT2D eigenvalue weighted by atomic mass is 10.1. The maximum absolute atomic E-state index is 11.2. The summed E-state index contributed by atoms with van der Waals surface area (Å²) in [4.78, 5) is 15.0. The Labute approximate surface area is 116 Å². The fourth-order valence-electron chi connectivity index (χ4n) is 1.60. The second kappa shape index (κ2) is 4.92. The molecule has 92 valence electrons. The molecule has 7 heteroatoms. The highest BCUT2D eigenvalue weighted by molar-refractivity contribution is 9.10. The van der Waals surface area contributed by atoms with Gasteiger partial charge in [0.25, 0.3) is 0 Å². The summed E-state index contributed by atoms with van der Waals surface area (Å²) in [5, 5.41) is 27.0. The summed E-state index contributed by atoms with van der Waals surface area (Å²) in [5.41, 5.74) is 0.246. The van der Waals surface area contributed by atoms with Crippen LogP contribution in [0, 0.1) is 22.7 Å². The second-order valence-electron chi connectivity index (χ2n) is 3.50. The number of hydrogen-bond donors (Lipinski definition) is 1. The summed E-state index contributed by atoms with van der Waals surface area (Å²) in [5.74, 6) is -1.13. The van der Waals surface area contributed by atoms with E-state index in [1.165, 1.54) is 17.0 Å². The average molecular weight is 317 g/mol. The predicted molar refractivity (Wildman–Crippen MR) is 67.7 cm³/mol. The molecule has 0 unspecified atom stereocenters. The number of carbonyl (C=O) groups is 1. The van der Waals surface area contributed by atoms with E-state index in [1.807, 2.05) is 6.07 Å². The van der Waals surface area contributed by atoms with Gasteiger partial charge in [-0.1, -0.05) is 15.9 Å². The van der Waals surface area contributed by atoms with Crippen LogP contribution >= 0.6 is 15.9 Å². The van der Waals surface area contributed by atoms with E-state index in [2.05, 4.69) is 20.9 Å². The molecule has 0 spiro atoms. The van der Waals surface area contributed by atoms with Gasteiger partial charge in [-0.15, -0.1) is 0 Å². The van der Waals surface area contributed by atoms with E-state index in [4.69, 9.17) is 15.6 Å². The maximum Gasteiger partial charge on any atom is 0.337 e. The molecule has 0 saturated heterocycles. The number of aromatic carboxylic acids is 1. The molecule has 19 heavy (non-hydrogen) atoms. The van der Waals surface area contributed by atoms with Crippen LogP contribution in [-0.2, 0) is 0 Å². The van der Waals surface area contributed by atoms with Gasteiger partial charge in [-0.05, 0) is 18.2 Å². The van der Waals surface area contributed by atoms with Crippen LogP contribution in [0.5, 0.6) is 0 Å². The third-order valence-electron chi connectivity index (χ3n) is 2.43. The van der Waals surface area contributed by atoms with Crippen LogP contribution < -0.4 is 0 Å². The minimum absolute atomic E-state index is 0.00287.